The molecule has 0 aliphatic carbocycles. The minimum atomic E-state index is -2.10. The molecule has 5 heteroatoms. The van der Waals surface area contributed by atoms with Crippen LogP contribution >= 0.6 is 27.4 Å². The van der Waals surface area contributed by atoms with Crippen molar-refractivity contribution in [3.05, 3.63) is 0 Å². The Kier molecular flexibility index (Phi) is 2.82. The lowest BCUT2D eigenvalue weighted by atomic mass is 10.4. The van der Waals surface area contributed by atoms with Gasteiger partial charge in [0, 0.05) is 13.1 Å². The fourth-order valence-electron chi connectivity index (χ4n) is 0.933. The van der Waals surface area contributed by atoms with E-state index in [0.717, 1.165) is 13.1 Å². The fraction of sp³-hybridized carbons (Fsp3) is 1.00. The first-order chi connectivity index (χ1) is 4.11. The van der Waals surface area contributed by atoms with Crippen LogP contribution in [0.1, 0.15) is 12.8 Å². The van der Waals surface area contributed by atoms with Gasteiger partial charge in [-0.05, 0) is 24.6 Å². The quantitative estimate of drug-likeness (QED) is 0.604. The highest BCUT2D eigenvalue weighted by Crippen LogP contribution is 2.61. The van der Waals surface area contributed by atoms with Gasteiger partial charge in [0.2, 0.25) is 0 Å². The van der Waals surface area contributed by atoms with E-state index in [1.807, 2.05) is 4.67 Å². The van der Waals surface area contributed by atoms with Gasteiger partial charge in [-0.2, -0.15) is 0 Å². The van der Waals surface area contributed by atoms with E-state index in [0.29, 0.717) is 0 Å². The molecule has 1 rings (SSSR count). The average Bonchev–Trinajstić information content (AvgIpc) is 2.08. The van der Waals surface area contributed by atoms with E-state index in [4.69, 9.17) is 34.3 Å². The summed E-state index contributed by atoms with van der Waals surface area (Å²) >= 11 is 16.4. The van der Waals surface area contributed by atoms with Gasteiger partial charge in [0.05, 0.1) is 0 Å². The van der Waals surface area contributed by atoms with Gasteiger partial charge in [0.15, 0.2) is 4.89 Å². The van der Waals surface area contributed by atoms with Gasteiger partial charge in [-0.1, -0.05) is 22.5 Å². The van der Waals surface area contributed by atoms with Gasteiger partial charge >= 0.3 is 0 Å². The Hall–Kier alpha value is 1.19. The predicted octanol–water partition coefficient (Wildman–Crippen LogP) is 2.78. The zero-order chi connectivity index (χ0) is 6.91. The zero-order valence-corrected chi connectivity index (χ0v) is 8.11. The molecule has 1 nitrogen and oxygen atoms in total. The van der Waals surface area contributed by atoms with Gasteiger partial charge in [0.1, 0.15) is 0 Å². The summed E-state index contributed by atoms with van der Waals surface area (Å²) in [6.07, 6.45) is 2.38. The molecule has 0 unspecified atom stereocenters. The molecule has 0 aromatic carbocycles. The smallest absolute Gasteiger partial charge is 0.183 e. The summed E-state index contributed by atoms with van der Waals surface area (Å²) in [5, 5.41) is 0. The maximum absolute atomic E-state index is 5.76. The fourth-order valence-corrected chi connectivity index (χ4v) is 3.08. The largest absolute Gasteiger partial charge is 0.252 e. The Bertz CT molecular complexity index is 140. The molecule has 0 spiro atoms. The van der Waals surface area contributed by atoms with E-state index in [-0.39, 0.29) is 0 Å². The van der Waals surface area contributed by atoms with E-state index >= 15 is 0 Å². The number of rotatable bonds is 1. The molecule has 54 valence electrons. The van der Waals surface area contributed by atoms with Crippen LogP contribution in [0.4, 0.5) is 0 Å². The average molecular weight is 204 g/mol. The van der Waals surface area contributed by atoms with Crippen LogP contribution < -0.4 is 0 Å². The SMILES string of the molecule is S=P(Cl)(Cl)N1CCCC1. The molecule has 0 bridgehead atoms. The van der Waals surface area contributed by atoms with E-state index < -0.39 is 4.89 Å². The van der Waals surface area contributed by atoms with Crippen molar-refractivity contribution in [2.24, 2.45) is 0 Å². The van der Waals surface area contributed by atoms with E-state index in [9.17, 15) is 0 Å². The standard InChI is InChI=1S/C4H8Cl2NPS/c5-8(6,9)7-3-1-2-4-7/h1-4H2. The molecule has 1 fully saturated rings. The highest BCUT2D eigenvalue weighted by Gasteiger charge is 2.23. The Balaban J connectivity index is 2.52. The summed E-state index contributed by atoms with van der Waals surface area (Å²) in [6, 6.07) is 0. The topological polar surface area (TPSA) is 3.24 Å². The lowest BCUT2D eigenvalue weighted by molar-refractivity contribution is 0.579. The summed E-state index contributed by atoms with van der Waals surface area (Å²) in [7, 11) is 0. The normalized spacial score (nSPS) is 22.9. The Labute approximate surface area is 70.0 Å². The van der Waals surface area contributed by atoms with Crippen molar-refractivity contribution in [2.75, 3.05) is 13.1 Å². The van der Waals surface area contributed by atoms with Crippen molar-refractivity contribution in [3.63, 3.8) is 0 Å². The molecular formula is C4H8Cl2NPS. The molecule has 1 saturated heterocycles. The number of halogens is 2. The second-order valence-corrected chi connectivity index (χ2v) is 9.77. The molecule has 0 saturated carbocycles. The maximum atomic E-state index is 5.76. The molecule has 9 heavy (non-hydrogen) atoms. The highest BCUT2D eigenvalue weighted by molar-refractivity contribution is 8.37. The maximum Gasteiger partial charge on any atom is 0.183 e. The van der Waals surface area contributed by atoms with E-state index in [1.165, 1.54) is 12.8 Å². The third kappa shape index (κ3) is 2.36. The molecule has 0 aromatic rings. The van der Waals surface area contributed by atoms with Crippen LogP contribution in [-0.2, 0) is 11.8 Å². The summed E-state index contributed by atoms with van der Waals surface area (Å²) < 4.78 is 2.01. The third-order valence-electron chi connectivity index (χ3n) is 1.41. The third-order valence-corrected chi connectivity index (χ3v) is 4.45. The molecule has 0 N–H and O–H groups in total. The van der Waals surface area contributed by atoms with Gasteiger partial charge < -0.3 is 0 Å². The predicted molar refractivity (Wildman–Crippen MR) is 46.8 cm³/mol. The van der Waals surface area contributed by atoms with Crippen LogP contribution in [0, 0.1) is 0 Å². The first-order valence-corrected chi connectivity index (χ1v) is 7.42. The molecule has 1 aliphatic heterocycles. The molecular weight excluding hydrogens is 196 g/mol. The van der Waals surface area contributed by atoms with Crippen LogP contribution in [-0.4, -0.2) is 17.8 Å². The van der Waals surface area contributed by atoms with Gasteiger partial charge in [-0.15, -0.1) is 0 Å². The monoisotopic (exact) mass is 203 g/mol. The van der Waals surface area contributed by atoms with Crippen molar-refractivity contribution in [1.29, 1.82) is 0 Å². The molecule has 1 heterocycles. The lowest BCUT2D eigenvalue weighted by Gasteiger charge is -2.17. The van der Waals surface area contributed by atoms with Crippen LogP contribution in [0.3, 0.4) is 0 Å². The van der Waals surface area contributed by atoms with Crippen LogP contribution in [0.15, 0.2) is 0 Å². The van der Waals surface area contributed by atoms with Gasteiger partial charge in [-0.25, -0.2) is 0 Å². The van der Waals surface area contributed by atoms with Crippen molar-refractivity contribution in [2.45, 2.75) is 12.8 Å². The molecule has 0 amide bonds. The molecule has 0 radical (unpaired) electrons. The first kappa shape index (κ1) is 8.29. The molecule has 0 aromatic heterocycles. The summed E-state index contributed by atoms with van der Waals surface area (Å²) in [5.41, 5.74) is 0. The Morgan fingerprint density at radius 2 is 1.67 bits per heavy atom. The number of hydrogen-bond acceptors (Lipinski definition) is 1. The number of hydrogen-bond donors (Lipinski definition) is 0. The van der Waals surface area contributed by atoms with Crippen molar-refractivity contribution in [1.82, 2.24) is 4.67 Å². The minimum absolute atomic E-state index is 0.990. The van der Waals surface area contributed by atoms with E-state index in [2.05, 4.69) is 0 Å². The van der Waals surface area contributed by atoms with E-state index in [1.54, 1.807) is 0 Å². The highest BCUT2D eigenvalue weighted by atomic mass is 35.9. The van der Waals surface area contributed by atoms with Crippen LogP contribution in [0.5, 0.6) is 0 Å². The van der Waals surface area contributed by atoms with Crippen molar-refractivity contribution >= 4 is 39.2 Å². The van der Waals surface area contributed by atoms with Gasteiger partial charge in [0.25, 0.3) is 0 Å². The van der Waals surface area contributed by atoms with Crippen molar-refractivity contribution < 1.29 is 0 Å². The Morgan fingerprint density at radius 3 is 1.89 bits per heavy atom. The van der Waals surface area contributed by atoms with Crippen molar-refractivity contribution in [3.8, 4) is 0 Å². The van der Waals surface area contributed by atoms with Crippen LogP contribution in [0.25, 0.3) is 0 Å². The summed E-state index contributed by atoms with van der Waals surface area (Å²) in [5.74, 6) is 0. The number of nitrogens with zero attached hydrogens (tertiary/aromatic N) is 1. The zero-order valence-electron chi connectivity index (χ0n) is 4.89. The summed E-state index contributed by atoms with van der Waals surface area (Å²) in [6.45, 7) is 1.98. The first-order valence-electron chi connectivity index (χ1n) is 2.85. The summed E-state index contributed by atoms with van der Waals surface area (Å²) in [4.78, 5) is -2.10. The lowest BCUT2D eigenvalue weighted by Crippen LogP contribution is -2.09. The Morgan fingerprint density at radius 1 is 1.22 bits per heavy atom. The molecule has 0 atom stereocenters. The van der Waals surface area contributed by atoms with Gasteiger partial charge in [-0.3, -0.25) is 4.67 Å². The van der Waals surface area contributed by atoms with Crippen LogP contribution in [0.2, 0.25) is 0 Å². The molecule has 1 aliphatic rings. The minimum Gasteiger partial charge on any atom is -0.252 e. The second-order valence-electron chi connectivity index (χ2n) is 2.10. The second kappa shape index (κ2) is 3.06.